The molecule has 1 aromatic heterocycles. The molecule has 0 aromatic carbocycles. The van der Waals surface area contributed by atoms with E-state index in [1.54, 1.807) is 0 Å². The van der Waals surface area contributed by atoms with E-state index in [4.69, 9.17) is 11.6 Å². The highest BCUT2D eigenvalue weighted by Crippen LogP contribution is 2.19. The van der Waals surface area contributed by atoms with Crippen molar-refractivity contribution in [3.05, 3.63) is 17.5 Å². The number of anilines is 1. The minimum Gasteiger partial charge on any atom is -0.368 e. The number of hydrogen-bond acceptors (Lipinski definition) is 3. The third-order valence-electron chi connectivity index (χ3n) is 1.32. The molecule has 0 saturated carbocycles. The summed E-state index contributed by atoms with van der Waals surface area (Å²) in [5, 5.41) is 2.60. The van der Waals surface area contributed by atoms with Gasteiger partial charge in [0.05, 0.1) is 18.8 Å². The van der Waals surface area contributed by atoms with Gasteiger partial charge in [0.2, 0.25) is 0 Å². The van der Waals surface area contributed by atoms with Crippen LogP contribution in [-0.4, -0.2) is 22.7 Å². The van der Waals surface area contributed by atoms with Crippen LogP contribution in [0.15, 0.2) is 12.4 Å². The van der Waals surface area contributed by atoms with Gasteiger partial charge in [-0.05, 0) is 0 Å². The van der Waals surface area contributed by atoms with E-state index in [-0.39, 0.29) is 17.5 Å². The van der Waals surface area contributed by atoms with Crippen molar-refractivity contribution in [2.75, 3.05) is 11.9 Å². The SMILES string of the molecule is FC(F)(F)CCNc1cncc(Cl)n1. The fourth-order valence-electron chi connectivity index (χ4n) is 0.760. The largest absolute Gasteiger partial charge is 0.390 e. The predicted molar refractivity (Wildman–Crippen MR) is 46.2 cm³/mol. The van der Waals surface area contributed by atoms with Crippen LogP contribution in [0.25, 0.3) is 0 Å². The van der Waals surface area contributed by atoms with Gasteiger partial charge in [0, 0.05) is 6.54 Å². The lowest BCUT2D eigenvalue weighted by Crippen LogP contribution is -2.15. The minimum atomic E-state index is -4.17. The maximum Gasteiger partial charge on any atom is 0.390 e. The maximum atomic E-state index is 11.7. The van der Waals surface area contributed by atoms with Gasteiger partial charge >= 0.3 is 6.18 Å². The first kappa shape index (κ1) is 11.0. The molecular weight excluding hydrogens is 219 g/mol. The summed E-state index contributed by atoms with van der Waals surface area (Å²) in [6.07, 6.45) is -2.47. The molecule has 0 aliphatic carbocycles. The first-order valence-electron chi connectivity index (χ1n) is 3.75. The Hall–Kier alpha value is -1.04. The van der Waals surface area contributed by atoms with E-state index in [0.717, 1.165) is 0 Å². The van der Waals surface area contributed by atoms with E-state index in [9.17, 15) is 13.2 Å². The second-order valence-electron chi connectivity index (χ2n) is 2.52. The Morgan fingerprint density at radius 3 is 2.64 bits per heavy atom. The highest BCUT2D eigenvalue weighted by molar-refractivity contribution is 6.29. The zero-order valence-corrected chi connectivity index (χ0v) is 7.73. The maximum absolute atomic E-state index is 11.7. The van der Waals surface area contributed by atoms with E-state index in [1.807, 2.05) is 0 Å². The van der Waals surface area contributed by atoms with Crippen LogP contribution < -0.4 is 5.32 Å². The molecule has 1 heterocycles. The lowest BCUT2D eigenvalue weighted by molar-refractivity contribution is -0.131. The summed E-state index contributed by atoms with van der Waals surface area (Å²) < 4.78 is 35.2. The number of nitrogens with one attached hydrogen (secondary N) is 1. The number of alkyl halides is 3. The van der Waals surface area contributed by atoms with Crippen molar-refractivity contribution in [2.24, 2.45) is 0 Å². The molecular formula is C7H7ClF3N3. The summed E-state index contributed by atoms with van der Waals surface area (Å²) in [4.78, 5) is 7.38. The van der Waals surface area contributed by atoms with E-state index in [2.05, 4.69) is 15.3 Å². The van der Waals surface area contributed by atoms with Crippen molar-refractivity contribution in [2.45, 2.75) is 12.6 Å². The Bertz CT molecular complexity index is 302. The fraction of sp³-hybridized carbons (Fsp3) is 0.429. The second-order valence-corrected chi connectivity index (χ2v) is 2.91. The minimum absolute atomic E-state index is 0.141. The van der Waals surface area contributed by atoms with Gasteiger partial charge in [-0.25, -0.2) is 4.98 Å². The van der Waals surface area contributed by atoms with Crippen LogP contribution in [-0.2, 0) is 0 Å². The van der Waals surface area contributed by atoms with Gasteiger partial charge in [-0.3, -0.25) is 4.98 Å². The van der Waals surface area contributed by atoms with Crippen LogP contribution >= 0.6 is 11.6 Å². The second kappa shape index (κ2) is 4.45. The lowest BCUT2D eigenvalue weighted by atomic mass is 10.4. The van der Waals surface area contributed by atoms with E-state index < -0.39 is 12.6 Å². The number of hydrogen-bond donors (Lipinski definition) is 1. The smallest absolute Gasteiger partial charge is 0.368 e. The van der Waals surface area contributed by atoms with Gasteiger partial charge in [-0.2, -0.15) is 13.2 Å². The molecule has 0 radical (unpaired) electrons. The van der Waals surface area contributed by atoms with Gasteiger partial charge in [-0.1, -0.05) is 11.6 Å². The topological polar surface area (TPSA) is 37.8 Å². The first-order valence-corrected chi connectivity index (χ1v) is 4.13. The van der Waals surface area contributed by atoms with Crippen molar-refractivity contribution in [3.63, 3.8) is 0 Å². The summed E-state index contributed by atoms with van der Waals surface area (Å²) in [5.41, 5.74) is 0. The van der Waals surface area contributed by atoms with Crippen molar-refractivity contribution in [3.8, 4) is 0 Å². The summed E-state index contributed by atoms with van der Waals surface area (Å²) in [6, 6.07) is 0. The summed E-state index contributed by atoms with van der Waals surface area (Å²) in [6.45, 7) is -0.238. The Morgan fingerprint density at radius 1 is 1.36 bits per heavy atom. The molecule has 1 rings (SSSR count). The molecule has 7 heteroatoms. The molecule has 0 atom stereocenters. The zero-order valence-electron chi connectivity index (χ0n) is 6.98. The third kappa shape index (κ3) is 4.27. The normalized spacial score (nSPS) is 11.4. The molecule has 0 spiro atoms. The lowest BCUT2D eigenvalue weighted by Gasteiger charge is -2.07. The van der Waals surface area contributed by atoms with Crippen LogP contribution in [0.3, 0.4) is 0 Å². The van der Waals surface area contributed by atoms with Gasteiger partial charge < -0.3 is 5.32 Å². The first-order chi connectivity index (χ1) is 6.47. The van der Waals surface area contributed by atoms with Crippen LogP contribution in [0, 0.1) is 0 Å². The summed E-state index contributed by atoms with van der Waals surface area (Å²) in [7, 11) is 0. The summed E-state index contributed by atoms with van der Waals surface area (Å²) >= 11 is 5.48. The molecule has 0 fully saturated rings. The average molecular weight is 226 g/mol. The quantitative estimate of drug-likeness (QED) is 0.859. The Balaban J connectivity index is 2.39. The van der Waals surface area contributed by atoms with E-state index >= 15 is 0 Å². The monoisotopic (exact) mass is 225 g/mol. The van der Waals surface area contributed by atoms with Crippen molar-refractivity contribution in [1.82, 2.24) is 9.97 Å². The molecule has 78 valence electrons. The molecule has 0 amide bonds. The average Bonchev–Trinajstić information content (AvgIpc) is 2.01. The number of nitrogens with zero attached hydrogens (tertiary/aromatic N) is 2. The van der Waals surface area contributed by atoms with Crippen molar-refractivity contribution < 1.29 is 13.2 Å². The van der Waals surface area contributed by atoms with Crippen LogP contribution in [0.4, 0.5) is 19.0 Å². The van der Waals surface area contributed by atoms with E-state index in [1.165, 1.54) is 12.4 Å². The zero-order chi connectivity index (χ0) is 10.6. The van der Waals surface area contributed by atoms with Gasteiger partial charge in [0.1, 0.15) is 11.0 Å². The Labute approximate surface area is 83.3 Å². The van der Waals surface area contributed by atoms with Gasteiger partial charge in [-0.15, -0.1) is 0 Å². The molecule has 0 aliphatic heterocycles. The molecule has 3 nitrogen and oxygen atoms in total. The predicted octanol–water partition coefficient (Wildman–Crippen LogP) is 2.49. The Kier molecular flexibility index (Phi) is 3.51. The van der Waals surface area contributed by atoms with E-state index in [0.29, 0.717) is 0 Å². The fourth-order valence-corrected chi connectivity index (χ4v) is 0.907. The van der Waals surface area contributed by atoms with Gasteiger partial charge in [0.25, 0.3) is 0 Å². The molecule has 0 unspecified atom stereocenters. The molecule has 0 bridgehead atoms. The van der Waals surface area contributed by atoms with Crippen molar-refractivity contribution >= 4 is 17.4 Å². The van der Waals surface area contributed by atoms with Crippen LogP contribution in [0.5, 0.6) is 0 Å². The third-order valence-corrected chi connectivity index (χ3v) is 1.50. The highest BCUT2D eigenvalue weighted by Gasteiger charge is 2.26. The number of aromatic nitrogens is 2. The number of rotatable bonds is 3. The standard InChI is InChI=1S/C7H7ClF3N3/c8-5-3-12-4-6(14-5)13-2-1-7(9,10)11/h3-4H,1-2H2,(H,13,14). The molecule has 14 heavy (non-hydrogen) atoms. The number of halogens is 4. The van der Waals surface area contributed by atoms with Crippen LogP contribution in [0.1, 0.15) is 6.42 Å². The highest BCUT2D eigenvalue weighted by atomic mass is 35.5. The Morgan fingerprint density at radius 2 is 2.07 bits per heavy atom. The van der Waals surface area contributed by atoms with Crippen molar-refractivity contribution in [1.29, 1.82) is 0 Å². The van der Waals surface area contributed by atoms with Gasteiger partial charge in [0.15, 0.2) is 0 Å². The summed E-state index contributed by atoms with van der Waals surface area (Å²) in [5.74, 6) is 0.238. The molecule has 1 aromatic rings. The molecule has 0 aliphatic rings. The molecule has 1 N–H and O–H groups in total. The van der Waals surface area contributed by atoms with Crippen LogP contribution in [0.2, 0.25) is 5.15 Å². The molecule has 0 saturated heterocycles.